The van der Waals surface area contributed by atoms with Gasteiger partial charge in [-0.2, -0.15) is 0 Å². The summed E-state index contributed by atoms with van der Waals surface area (Å²) in [6.45, 7) is 8.70. The summed E-state index contributed by atoms with van der Waals surface area (Å²) >= 11 is 0. The Bertz CT molecular complexity index is 481. The van der Waals surface area contributed by atoms with Gasteiger partial charge in [0, 0.05) is 18.5 Å². The van der Waals surface area contributed by atoms with Gasteiger partial charge in [0.15, 0.2) is 0 Å². The lowest BCUT2D eigenvalue weighted by Crippen LogP contribution is -2.45. The minimum atomic E-state index is -0.456. The first-order chi connectivity index (χ1) is 11.0. The molecule has 0 spiro atoms. The van der Waals surface area contributed by atoms with Crippen molar-refractivity contribution in [3.05, 3.63) is 35.9 Å². The highest BCUT2D eigenvalue weighted by Crippen LogP contribution is 2.21. The van der Waals surface area contributed by atoms with Crippen molar-refractivity contribution >= 4 is 5.91 Å². The zero-order valence-corrected chi connectivity index (χ0v) is 14.5. The van der Waals surface area contributed by atoms with Crippen molar-refractivity contribution in [2.45, 2.75) is 45.8 Å². The van der Waals surface area contributed by atoms with Gasteiger partial charge in [-0.1, -0.05) is 44.2 Å². The Balaban J connectivity index is 1.76. The van der Waals surface area contributed by atoms with E-state index in [1.807, 2.05) is 30.3 Å². The minimum absolute atomic E-state index is 0.112. The normalized spacial score (nSPS) is 19.5. The van der Waals surface area contributed by atoms with Crippen LogP contribution < -0.4 is 5.32 Å². The Morgan fingerprint density at radius 1 is 1.22 bits per heavy atom. The second-order valence-electron chi connectivity index (χ2n) is 7.04. The summed E-state index contributed by atoms with van der Waals surface area (Å²) in [6, 6.07) is 9.99. The summed E-state index contributed by atoms with van der Waals surface area (Å²) in [5.41, 5.74) is 0.957. The summed E-state index contributed by atoms with van der Waals surface area (Å²) in [6.07, 6.45) is 1.29. The molecule has 1 heterocycles. The molecule has 0 aromatic heterocycles. The molecule has 4 heteroatoms. The van der Waals surface area contributed by atoms with Crippen LogP contribution >= 0.6 is 0 Å². The maximum Gasteiger partial charge on any atom is 0.223 e. The van der Waals surface area contributed by atoms with E-state index in [1.54, 1.807) is 0 Å². The van der Waals surface area contributed by atoms with Gasteiger partial charge < -0.3 is 15.3 Å². The summed E-state index contributed by atoms with van der Waals surface area (Å²) in [5.74, 6) is 0.760. The van der Waals surface area contributed by atoms with Crippen molar-refractivity contribution in [3.8, 4) is 0 Å². The van der Waals surface area contributed by atoms with Crippen LogP contribution in [0.25, 0.3) is 0 Å². The van der Waals surface area contributed by atoms with Crippen LogP contribution in [0.2, 0.25) is 0 Å². The SMILES string of the molecule is CC(C)C(C)NC(=O)C1CCN(CC(O)c2ccccc2)CC1. The van der Waals surface area contributed by atoms with E-state index in [4.69, 9.17) is 0 Å². The van der Waals surface area contributed by atoms with Gasteiger partial charge in [0.2, 0.25) is 5.91 Å². The van der Waals surface area contributed by atoms with E-state index in [9.17, 15) is 9.90 Å². The van der Waals surface area contributed by atoms with Gasteiger partial charge >= 0.3 is 0 Å². The molecule has 0 saturated carbocycles. The highest BCUT2D eigenvalue weighted by atomic mass is 16.3. The van der Waals surface area contributed by atoms with Crippen LogP contribution in [0.15, 0.2) is 30.3 Å². The maximum absolute atomic E-state index is 12.3. The number of hydrogen-bond donors (Lipinski definition) is 2. The van der Waals surface area contributed by atoms with Crippen LogP contribution in [-0.2, 0) is 4.79 Å². The van der Waals surface area contributed by atoms with Gasteiger partial charge in [0.1, 0.15) is 0 Å². The zero-order valence-electron chi connectivity index (χ0n) is 14.5. The number of benzene rings is 1. The standard InChI is InChI=1S/C19H30N2O2/c1-14(2)15(3)20-19(23)17-9-11-21(12-10-17)13-18(22)16-7-5-4-6-8-16/h4-8,14-15,17-18,22H,9-13H2,1-3H3,(H,20,23). The molecule has 1 aromatic rings. The van der Waals surface area contributed by atoms with Crippen molar-refractivity contribution in [3.63, 3.8) is 0 Å². The van der Waals surface area contributed by atoms with Crippen LogP contribution in [0.1, 0.15) is 45.3 Å². The van der Waals surface area contributed by atoms with Gasteiger partial charge in [-0.3, -0.25) is 4.79 Å². The van der Waals surface area contributed by atoms with Gasteiger partial charge in [-0.05, 0) is 44.3 Å². The molecule has 128 valence electrons. The average molecular weight is 318 g/mol. The predicted molar refractivity (Wildman–Crippen MR) is 93.0 cm³/mol. The molecular formula is C19H30N2O2. The Morgan fingerprint density at radius 2 is 1.83 bits per heavy atom. The lowest BCUT2D eigenvalue weighted by Gasteiger charge is -2.33. The quantitative estimate of drug-likeness (QED) is 0.848. The highest BCUT2D eigenvalue weighted by Gasteiger charge is 2.27. The summed E-state index contributed by atoms with van der Waals surface area (Å²) in [4.78, 5) is 14.5. The number of amides is 1. The number of likely N-dealkylation sites (tertiary alicyclic amines) is 1. The van der Waals surface area contributed by atoms with Crippen LogP contribution in [0.5, 0.6) is 0 Å². The molecule has 2 rings (SSSR count). The molecule has 1 saturated heterocycles. The largest absolute Gasteiger partial charge is 0.387 e. The first kappa shape index (κ1) is 18.0. The molecular weight excluding hydrogens is 288 g/mol. The molecule has 1 amide bonds. The third-order valence-electron chi connectivity index (χ3n) is 4.94. The third kappa shape index (κ3) is 5.33. The molecule has 4 nitrogen and oxygen atoms in total. The predicted octanol–water partition coefficient (Wildman–Crippen LogP) is 2.59. The van der Waals surface area contributed by atoms with Gasteiger partial charge in [-0.15, -0.1) is 0 Å². The number of aliphatic hydroxyl groups excluding tert-OH is 1. The van der Waals surface area contributed by atoms with Crippen molar-refractivity contribution in [1.82, 2.24) is 10.2 Å². The van der Waals surface area contributed by atoms with Gasteiger partial charge in [0.05, 0.1) is 6.10 Å². The monoisotopic (exact) mass is 318 g/mol. The average Bonchev–Trinajstić information content (AvgIpc) is 2.56. The fourth-order valence-electron chi connectivity index (χ4n) is 2.91. The number of aliphatic hydroxyl groups is 1. The summed E-state index contributed by atoms with van der Waals surface area (Å²) in [7, 11) is 0. The number of β-amino-alcohol motifs (C(OH)–C–C–N with tert-alkyl or cyclic N) is 1. The van der Waals surface area contributed by atoms with Gasteiger partial charge in [0.25, 0.3) is 0 Å². The van der Waals surface area contributed by atoms with Crippen molar-refractivity contribution in [1.29, 1.82) is 0 Å². The number of nitrogens with one attached hydrogen (secondary N) is 1. The minimum Gasteiger partial charge on any atom is -0.387 e. The lowest BCUT2D eigenvalue weighted by molar-refractivity contribution is -0.127. The topological polar surface area (TPSA) is 52.6 Å². The van der Waals surface area contributed by atoms with E-state index in [1.165, 1.54) is 0 Å². The Labute approximate surface area is 139 Å². The molecule has 1 aliphatic heterocycles. The number of piperidine rings is 1. The fourth-order valence-corrected chi connectivity index (χ4v) is 2.91. The van der Waals surface area contributed by atoms with E-state index in [0.29, 0.717) is 12.5 Å². The lowest BCUT2D eigenvalue weighted by atomic mass is 9.94. The molecule has 0 aliphatic carbocycles. The Hall–Kier alpha value is -1.39. The first-order valence-corrected chi connectivity index (χ1v) is 8.73. The van der Waals surface area contributed by atoms with E-state index in [0.717, 1.165) is 31.5 Å². The number of nitrogens with zero attached hydrogens (tertiary/aromatic N) is 1. The van der Waals surface area contributed by atoms with Crippen molar-refractivity contribution < 1.29 is 9.90 Å². The number of rotatable bonds is 6. The van der Waals surface area contributed by atoms with Gasteiger partial charge in [-0.25, -0.2) is 0 Å². The second kappa shape index (κ2) is 8.46. The van der Waals surface area contributed by atoms with Crippen LogP contribution in [0.3, 0.4) is 0 Å². The molecule has 2 unspecified atom stereocenters. The number of carbonyl (C=O) groups is 1. The fraction of sp³-hybridized carbons (Fsp3) is 0.632. The summed E-state index contributed by atoms with van der Waals surface area (Å²) in [5, 5.41) is 13.4. The Morgan fingerprint density at radius 3 is 2.39 bits per heavy atom. The van der Waals surface area contributed by atoms with Crippen LogP contribution in [-0.4, -0.2) is 41.6 Å². The molecule has 0 radical (unpaired) electrons. The van der Waals surface area contributed by atoms with E-state index in [2.05, 4.69) is 31.0 Å². The molecule has 0 bridgehead atoms. The smallest absolute Gasteiger partial charge is 0.223 e. The van der Waals surface area contributed by atoms with E-state index in [-0.39, 0.29) is 17.9 Å². The Kier molecular flexibility index (Phi) is 6.60. The molecule has 2 N–H and O–H groups in total. The van der Waals surface area contributed by atoms with Crippen LogP contribution in [0.4, 0.5) is 0 Å². The molecule has 23 heavy (non-hydrogen) atoms. The second-order valence-corrected chi connectivity index (χ2v) is 7.04. The number of carbonyl (C=O) groups excluding carboxylic acids is 1. The van der Waals surface area contributed by atoms with Crippen LogP contribution in [0, 0.1) is 11.8 Å². The van der Waals surface area contributed by atoms with E-state index < -0.39 is 6.10 Å². The molecule has 1 aromatic carbocycles. The molecule has 1 fully saturated rings. The van der Waals surface area contributed by atoms with E-state index >= 15 is 0 Å². The number of hydrogen-bond acceptors (Lipinski definition) is 3. The first-order valence-electron chi connectivity index (χ1n) is 8.73. The summed E-state index contributed by atoms with van der Waals surface area (Å²) < 4.78 is 0. The zero-order chi connectivity index (χ0) is 16.8. The maximum atomic E-state index is 12.3. The molecule has 2 atom stereocenters. The highest BCUT2D eigenvalue weighted by molar-refractivity contribution is 5.79. The molecule has 1 aliphatic rings. The van der Waals surface area contributed by atoms with Crippen molar-refractivity contribution in [2.24, 2.45) is 11.8 Å². The third-order valence-corrected chi connectivity index (χ3v) is 4.94. The van der Waals surface area contributed by atoms with Crippen molar-refractivity contribution in [2.75, 3.05) is 19.6 Å².